The normalized spacial score (nSPS) is 12.3. The van der Waals surface area contributed by atoms with Crippen LogP contribution in [0.5, 0.6) is 0 Å². The molecule has 32 heavy (non-hydrogen) atoms. The number of hydrogen-bond acceptors (Lipinski definition) is 7. The highest BCUT2D eigenvalue weighted by Crippen LogP contribution is 2.23. The molecule has 0 unspecified atom stereocenters. The summed E-state index contributed by atoms with van der Waals surface area (Å²) in [4.78, 5) is 13.9. The summed E-state index contributed by atoms with van der Waals surface area (Å²) in [6, 6.07) is 14.1. The Bertz CT molecular complexity index is 1150. The molecule has 4 rings (SSSR count). The Morgan fingerprint density at radius 1 is 1.03 bits per heavy atom. The molecule has 0 spiro atoms. The fraction of sp³-hybridized carbons (Fsp3) is 0.333. The van der Waals surface area contributed by atoms with E-state index in [1.165, 1.54) is 0 Å². The van der Waals surface area contributed by atoms with Gasteiger partial charge in [0, 0.05) is 23.9 Å². The number of aliphatic hydroxyl groups is 1. The van der Waals surface area contributed by atoms with Crippen LogP contribution in [0.2, 0.25) is 0 Å². The predicted molar refractivity (Wildman–Crippen MR) is 127 cm³/mol. The second-order valence-electron chi connectivity index (χ2n) is 8.06. The van der Waals surface area contributed by atoms with Crippen molar-refractivity contribution in [2.45, 2.75) is 45.7 Å². The van der Waals surface area contributed by atoms with Crippen molar-refractivity contribution < 1.29 is 5.11 Å². The number of rotatable bonds is 9. The van der Waals surface area contributed by atoms with Crippen molar-refractivity contribution in [2.75, 3.05) is 17.2 Å². The lowest BCUT2D eigenvalue weighted by molar-refractivity contribution is 0.271. The van der Waals surface area contributed by atoms with Gasteiger partial charge >= 0.3 is 0 Å². The molecular weight excluding hydrogens is 402 g/mol. The van der Waals surface area contributed by atoms with E-state index in [0.717, 1.165) is 34.5 Å². The highest BCUT2D eigenvalue weighted by atomic mass is 16.3. The van der Waals surface area contributed by atoms with E-state index in [2.05, 4.69) is 50.6 Å². The first-order valence-electron chi connectivity index (χ1n) is 11.0. The minimum absolute atomic E-state index is 0.0174. The second kappa shape index (κ2) is 9.74. The number of anilines is 2. The van der Waals surface area contributed by atoms with Crippen LogP contribution < -0.4 is 10.6 Å². The summed E-state index contributed by atoms with van der Waals surface area (Å²) >= 11 is 0. The van der Waals surface area contributed by atoms with Crippen LogP contribution in [-0.2, 0) is 6.54 Å². The third kappa shape index (κ3) is 4.70. The van der Waals surface area contributed by atoms with E-state index in [-0.39, 0.29) is 18.6 Å². The summed E-state index contributed by atoms with van der Waals surface area (Å²) < 4.78 is 1.73. The summed E-state index contributed by atoms with van der Waals surface area (Å²) in [5, 5.41) is 20.7. The zero-order valence-electron chi connectivity index (χ0n) is 18.7. The number of nitrogens with one attached hydrogen (secondary N) is 2. The molecule has 0 aliphatic rings. The molecule has 0 aliphatic carbocycles. The monoisotopic (exact) mass is 431 g/mol. The summed E-state index contributed by atoms with van der Waals surface area (Å²) in [7, 11) is 0. The Balaban J connectivity index is 1.58. The zero-order chi connectivity index (χ0) is 22.5. The fourth-order valence-electron chi connectivity index (χ4n) is 3.43. The van der Waals surface area contributed by atoms with Crippen LogP contribution in [0.15, 0.2) is 54.9 Å². The van der Waals surface area contributed by atoms with Gasteiger partial charge in [0.05, 0.1) is 24.5 Å². The third-order valence-electron chi connectivity index (χ3n) is 5.41. The largest absolute Gasteiger partial charge is 0.394 e. The molecule has 3 aromatic heterocycles. The van der Waals surface area contributed by atoms with Crippen LogP contribution in [0.1, 0.15) is 44.2 Å². The zero-order valence-corrected chi connectivity index (χ0v) is 18.7. The molecule has 0 radical (unpaired) electrons. The number of benzene rings is 1. The van der Waals surface area contributed by atoms with Gasteiger partial charge in [0.25, 0.3) is 0 Å². The third-order valence-corrected chi connectivity index (χ3v) is 5.41. The van der Waals surface area contributed by atoms with Crippen LogP contribution in [0.4, 0.5) is 11.9 Å². The molecule has 0 saturated carbocycles. The van der Waals surface area contributed by atoms with E-state index in [1.807, 2.05) is 55.7 Å². The van der Waals surface area contributed by atoms with Crippen molar-refractivity contribution in [1.29, 1.82) is 0 Å². The summed E-state index contributed by atoms with van der Waals surface area (Å²) in [6.45, 7) is 6.80. The maximum absolute atomic E-state index is 9.57. The predicted octanol–water partition coefficient (Wildman–Crippen LogP) is 4.10. The number of aromatic nitrogens is 5. The number of nitrogens with zero attached hydrogens (tertiary/aromatic N) is 5. The molecule has 3 N–H and O–H groups in total. The number of fused-ring (bicyclic) bond motifs is 1. The first-order valence-corrected chi connectivity index (χ1v) is 11.0. The SMILES string of the molecule is CC[C@H](CO)Nc1nc(NCc2ccc(-c3ccccc3)nc2)n2ncc(C(C)C)c2n1. The average Bonchev–Trinajstić information content (AvgIpc) is 3.26. The van der Waals surface area contributed by atoms with Crippen LogP contribution >= 0.6 is 0 Å². The van der Waals surface area contributed by atoms with Gasteiger partial charge in [0.2, 0.25) is 11.9 Å². The molecule has 0 fully saturated rings. The van der Waals surface area contributed by atoms with Crippen LogP contribution in [0, 0.1) is 0 Å². The molecule has 1 atom stereocenters. The molecule has 0 amide bonds. The molecular formula is C24H29N7O. The summed E-state index contributed by atoms with van der Waals surface area (Å²) in [5.41, 5.74) is 4.86. The smallest absolute Gasteiger partial charge is 0.229 e. The summed E-state index contributed by atoms with van der Waals surface area (Å²) in [5.74, 6) is 1.34. The molecule has 8 nitrogen and oxygen atoms in total. The van der Waals surface area contributed by atoms with Crippen molar-refractivity contribution in [3.05, 3.63) is 66.0 Å². The van der Waals surface area contributed by atoms with Crippen molar-refractivity contribution in [1.82, 2.24) is 24.6 Å². The van der Waals surface area contributed by atoms with Gasteiger partial charge in [-0.2, -0.15) is 19.6 Å². The Hall–Kier alpha value is -3.52. The maximum Gasteiger partial charge on any atom is 0.229 e. The van der Waals surface area contributed by atoms with E-state index in [4.69, 9.17) is 0 Å². The van der Waals surface area contributed by atoms with Gasteiger partial charge in [-0.05, 0) is 24.0 Å². The van der Waals surface area contributed by atoms with Crippen LogP contribution in [0.25, 0.3) is 16.9 Å². The quantitative estimate of drug-likeness (QED) is 0.367. The number of hydrogen-bond donors (Lipinski definition) is 3. The minimum atomic E-state index is -0.106. The number of aliphatic hydroxyl groups excluding tert-OH is 1. The fourth-order valence-corrected chi connectivity index (χ4v) is 3.43. The van der Waals surface area contributed by atoms with Crippen LogP contribution in [-0.4, -0.2) is 42.3 Å². The van der Waals surface area contributed by atoms with E-state index in [1.54, 1.807) is 4.52 Å². The maximum atomic E-state index is 9.57. The lowest BCUT2D eigenvalue weighted by Crippen LogP contribution is -2.24. The molecule has 1 aromatic carbocycles. The Labute approximate surface area is 187 Å². The Kier molecular flexibility index (Phi) is 6.61. The van der Waals surface area contributed by atoms with E-state index in [9.17, 15) is 5.11 Å². The molecule has 166 valence electrons. The molecule has 0 saturated heterocycles. The minimum Gasteiger partial charge on any atom is -0.394 e. The van der Waals surface area contributed by atoms with E-state index < -0.39 is 0 Å². The van der Waals surface area contributed by atoms with Crippen molar-refractivity contribution >= 4 is 17.5 Å². The van der Waals surface area contributed by atoms with E-state index in [0.29, 0.717) is 18.4 Å². The van der Waals surface area contributed by atoms with Gasteiger partial charge in [-0.3, -0.25) is 4.98 Å². The highest BCUT2D eigenvalue weighted by Gasteiger charge is 2.16. The first-order chi connectivity index (χ1) is 15.6. The standard InChI is InChI=1S/C24H29N7O/c1-4-19(15-32)28-23-29-22-20(16(2)3)14-27-31(22)24(30-23)26-13-17-10-11-21(25-12-17)18-8-6-5-7-9-18/h5-12,14,16,19,32H,4,13,15H2,1-3H3,(H2,26,28,29,30)/t19-/m1/s1. The molecule has 0 bridgehead atoms. The Morgan fingerprint density at radius 3 is 2.50 bits per heavy atom. The van der Waals surface area contributed by atoms with Gasteiger partial charge in [-0.15, -0.1) is 0 Å². The van der Waals surface area contributed by atoms with E-state index >= 15 is 0 Å². The molecule has 3 heterocycles. The summed E-state index contributed by atoms with van der Waals surface area (Å²) in [6.07, 6.45) is 4.47. The topological polar surface area (TPSA) is 100 Å². The molecule has 0 aliphatic heterocycles. The van der Waals surface area contributed by atoms with Crippen LogP contribution in [0.3, 0.4) is 0 Å². The van der Waals surface area contributed by atoms with Gasteiger partial charge < -0.3 is 15.7 Å². The Morgan fingerprint density at radius 2 is 1.84 bits per heavy atom. The lowest BCUT2D eigenvalue weighted by Gasteiger charge is -2.16. The lowest BCUT2D eigenvalue weighted by atomic mass is 10.1. The van der Waals surface area contributed by atoms with Gasteiger partial charge in [0.1, 0.15) is 0 Å². The van der Waals surface area contributed by atoms with Crippen molar-refractivity contribution in [2.24, 2.45) is 0 Å². The highest BCUT2D eigenvalue weighted by molar-refractivity contribution is 5.59. The average molecular weight is 432 g/mol. The van der Waals surface area contributed by atoms with Crippen molar-refractivity contribution in [3.63, 3.8) is 0 Å². The van der Waals surface area contributed by atoms with Gasteiger partial charge in [-0.25, -0.2) is 0 Å². The molecule has 8 heteroatoms. The van der Waals surface area contributed by atoms with Gasteiger partial charge in [0.15, 0.2) is 5.65 Å². The van der Waals surface area contributed by atoms with Crippen molar-refractivity contribution in [3.8, 4) is 11.3 Å². The second-order valence-corrected chi connectivity index (χ2v) is 8.06. The number of pyridine rings is 1. The molecule has 4 aromatic rings. The first kappa shape index (κ1) is 21.7. The van der Waals surface area contributed by atoms with Gasteiger partial charge in [-0.1, -0.05) is 57.2 Å².